The van der Waals surface area contributed by atoms with Gasteiger partial charge in [0, 0.05) is 21.9 Å². The summed E-state index contributed by atoms with van der Waals surface area (Å²) in [4.78, 5) is 15.2. The van der Waals surface area contributed by atoms with Crippen molar-refractivity contribution in [3.05, 3.63) is 133 Å². The van der Waals surface area contributed by atoms with Gasteiger partial charge in [0.2, 0.25) is 5.95 Å². The fourth-order valence-corrected chi connectivity index (χ4v) is 10.2. The summed E-state index contributed by atoms with van der Waals surface area (Å²) in [5.74, 6) is 1.95. The summed E-state index contributed by atoms with van der Waals surface area (Å²) in [6, 6.07) is 47.4. The number of para-hydroxylation sites is 1. The highest BCUT2D eigenvalue weighted by atomic mass is 28.3. The molecule has 0 saturated heterocycles. The highest BCUT2D eigenvalue weighted by Crippen LogP contribution is 2.39. The van der Waals surface area contributed by atoms with E-state index in [1.54, 1.807) is 0 Å². The molecule has 6 aromatic carbocycles. The van der Waals surface area contributed by atoms with Crippen molar-refractivity contribution in [1.29, 1.82) is 0 Å². The van der Waals surface area contributed by atoms with Crippen molar-refractivity contribution < 1.29 is 0 Å². The molecule has 0 N–H and O–H groups in total. The summed E-state index contributed by atoms with van der Waals surface area (Å²) in [7, 11) is -2.05. The van der Waals surface area contributed by atoms with E-state index in [0.717, 1.165) is 22.2 Å². The fraction of sp³-hybridized carbons (Fsp3) is 0.0513. The van der Waals surface area contributed by atoms with E-state index in [1.165, 1.54) is 43.0 Å². The van der Waals surface area contributed by atoms with Crippen LogP contribution in [-0.4, -0.2) is 27.6 Å². The van der Waals surface area contributed by atoms with Gasteiger partial charge >= 0.3 is 0 Å². The van der Waals surface area contributed by atoms with E-state index in [2.05, 4.69) is 115 Å². The van der Waals surface area contributed by atoms with Crippen molar-refractivity contribution in [2.45, 2.75) is 13.1 Å². The molecule has 0 aliphatic carbocycles. The molecular formula is C39H28N4Si. The second-order valence-electron chi connectivity index (χ2n) is 12.1. The van der Waals surface area contributed by atoms with Gasteiger partial charge in [-0.3, -0.25) is 4.57 Å². The number of hydrogen-bond acceptors (Lipinski definition) is 3. The van der Waals surface area contributed by atoms with Crippen LogP contribution in [0, 0.1) is 0 Å². The molecule has 5 heteroatoms. The molecule has 0 amide bonds. The lowest BCUT2D eigenvalue weighted by atomic mass is 9.96. The van der Waals surface area contributed by atoms with Crippen LogP contribution in [0.1, 0.15) is 0 Å². The van der Waals surface area contributed by atoms with Crippen LogP contribution in [0.25, 0.3) is 72.4 Å². The summed E-state index contributed by atoms with van der Waals surface area (Å²) in [6.07, 6.45) is 0. The van der Waals surface area contributed by atoms with Gasteiger partial charge in [-0.1, -0.05) is 128 Å². The first-order chi connectivity index (χ1) is 21.6. The molecule has 208 valence electrons. The van der Waals surface area contributed by atoms with Crippen molar-refractivity contribution in [3.8, 4) is 39.9 Å². The Hall–Kier alpha value is -5.39. The summed E-state index contributed by atoms with van der Waals surface area (Å²) < 4.78 is 2.25. The van der Waals surface area contributed by atoms with Crippen molar-refractivity contribution in [2.75, 3.05) is 0 Å². The topological polar surface area (TPSA) is 43.6 Å². The number of benzene rings is 6. The van der Waals surface area contributed by atoms with Crippen LogP contribution in [0.4, 0.5) is 0 Å². The highest BCUT2D eigenvalue weighted by Gasteiger charge is 2.36. The Labute approximate surface area is 256 Å². The molecule has 0 unspecified atom stereocenters. The van der Waals surface area contributed by atoms with Crippen LogP contribution < -0.4 is 10.4 Å². The lowest BCUT2D eigenvalue weighted by Crippen LogP contribution is -2.55. The predicted octanol–water partition coefficient (Wildman–Crippen LogP) is 8.26. The zero-order chi connectivity index (χ0) is 29.4. The van der Waals surface area contributed by atoms with E-state index in [1.807, 2.05) is 36.4 Å². The maximum absolute atomic E-state index is 5.14. The lowest BCUT2D eigenvalue weighted by molar-refractivity contribution is 0.953. The average molecular weight is 581 g/mol. The van der Waals surface area contributed by atoms with Crippen molar-refractivity contribution in [1.82, 2.24) is 19.5 Å². The normalized spacial score (nSPS) is 13.4. The van der Waals surface area contributed by atoms with Crippen LogP contribution in [0.2, 0.25) is 13.1 Å². The highest BCUT2D eigenvalue weighted by molar-refractivity contribution is 7.03. The largest absolute Gasteiger partial charge is 0.278 e. The molecular weight excluding hydrogens is 553 g/mol. The van der Waals surface area contributed by atoms with E-state index < -0.39 is 8.07 Å². The average Bonchev–Trinajstić information content (AvgIpc) is 3.41. The summed E-state index contributed by atoms with van der Waals surface area (Å²) in [5.41, 5.74) is 6.82. The van der Waals surface area contributed by atoms with E-state index in [9.17, 15) is 0 Å². The molecule has 4 nitrogen and oxygen atoms in total. The number of fused-ring (bicyclic) bond motifs is 5. The number of rotatable bonds is 3. The zero-order valence-electron chi connectivity index (χ0n) is 24.5. The third-order valence-electron chi connectivity index (χ3n) is 9.24. The van der Waals surface area contributed by atoms with Crippen LogP contribution in [-0.2, 0) is 0 Å². The van der Waals surface area contributed by atoms with Crippen molar-refractivity contribution >= 4 is 51.0 Å². The third kappa shape index (κ3) is 3.60. The smallest absolute Gasteiger partial charge is 0.238 e. The minimum Gasteiger partial charge on any atom is -0.278 e. The summed E-state index contributed by atoms with van der Waals surface area (Å²) in [6.45, 7) is 4.97. The third-order valence-corrected chi connectivity index (χ3v) is 12.8. The fourth-order valence-electron chi connectivity index (χ4n) is 7.10. The second-order valence-corrected chi connectivity index (χ2v) is 16.4. The van der Waals surface area contributed by atoms with Gasteiger partial charge in [0.05, 0.1) is 11.0 Å². The number of hydrogen-bond donors (Lipinski definition) is 0. The van der Waals surface area contributed by atoms with Crippen molar-refractivity contribution in [2.24, 2.45) is 0 Å². The van der Waals surface area contributed by atoms with Gasteiger partial charge < -0.3 is 0 Å². The van der Waals surface area contributed by atoms with E-state index in [-0.39, 0.29) is 0 Å². The number of nitrogens with zero attached hydrogens (tertiary/aromatic N) is 4. The van der Waals surface area contributed by atoms with Gasteiger partial charge in [-0.2, -0.15) is 9.97 Å². The summed E-state index contributed by atoms with van der Waals surface area (Å²) >= 11 is 0. The monoisotopic (exact) mass is 580 g/mol. The molecule has 8 aromatic rings. The minimum absolute atomic E-state index is 0.627. The molecule has 1 aliphatic rings. The molecule has 0 spiro atoms. The van der Waals surface area contributed by atoms with Gasteiger partial charge in [0.25, 0.3) is 0 Å². The van der Waals surface area contributed by atoms with Gasteiger partial charge in [0.15, 0.2) is 11.6 Å². The molecule has 1 aliphatic heterocycles. The van der Waals surface area contributed by atoms with Crippen LogP contribution >= 0.6 is 0 Å². The van der Waals surface area contributed by atoms with Crippen LogP contribution in [0.3, 0.4) is 0 Å². The molecule has 2 aromatic heterocycles. The van der Waals surface area contributed by atoms with E-state index in [0.29, 0.717) is 17.6 Å². The van der Waals surface area contributed by atoms with Gasteiger partial charge in [-0.15, -0.1) is 0 Å². The predicted molar refractivity (Wildman–Crippen MR) is 185 cm³/mol. The van der Waals surface area contributed by atoms with Gasteiger partial charge in [-0.05, 0) is 50.5 Å². The summed E-state index contributed by atoms with van der Waals surface area (Å²) in [5, 5.41) is 8.08. The molecule has 0 saturated carbocycles. The zero-order valence-corrected chi connectivity index (χ0v) is 25.5. The Kier molecular flexibility index (Phi) is 5.31. The minimum atomic E-state index is -2.05. The Morgan fingerprint density at radius 3 is 1.84 bits per heavy atom. The Morgan fingerprint density at radius 2 is 1.14 bits per heavy atom. The Balaban J connectivity index is 1.39. The number of aromatic nitrogens is 4. The molecule has 0 radical (unpaired) electrons. The molecule has 44 heavy (non-hydrogen) atoms. The van der Waals surface area contributed by atoms with E-state index >= 15 is 0 Å². The van der Waals surface area contributed by atoms with Gasteiger partial charge in [0.1, 0.15) is 8.07 Å². The van der Waals surface area contributed by atoms with Crippen LogP contribution in [0.15, 0.2) is 133 Å². The first kappa shape index (κ1) is 25.1. The Morgan fingerprint density at radius 1 is 0.500 bits per heavy atom. The molecule has 0 bridgehead atoms. The Bertz CT molecular complexity index is 2350. The van der Waals surface area contributed by atoms with Crippen molar-refractivity contribution in [3.63, 3.8) is 0 Å². The first-order valence-corrected chi connectivity index (χ1v) is 18.1. The molecule has 0 fully saturated rings. The SMILES string of the molecule is C[Si]1(C)c2cc3c(cc2-c2cccc4cccc1c24)c1ccccc1n3-c1nc(-c2ccccc2)nc(-c2ccccc2)n1. The second kappa shape index (κ2) is 9.30. The molecule has 3 heterocycles. The van der Waals surface area contributed by atoms with E-state index in [4.69, 9.17) is 15.0 Å². The molecule has 9 rings (SSSR count). The van der Waals surface area contributed by atoms with Gasteiger partial charge in [-0.25, -0.2) is 4.98 Å². The lowest BCUT2D eigenvalue weighted by Gasteiger charge is -2.33. The van der Waals surface area contributed by atoms with Crippen LogP contribution in [0.5, 0.6) is 0 Å². The standard InChI is InChI=1S/C39H28N4Si/c1-44(2)34-22-12-18-25-17-11-20-29(36(25)34)31-23-30-28-19-9-10-21-32(28)43(33(30)24-35(31)44)39-41-37(26-13-5-3-6-14-26)40-38(42-39)27-15-7-4-8-16-27/h3-24H,1-2H3. The maximum Gasteiger partial charge on any atom is 0.238 e. The first-order valence-electron chi connectivity index (χ1n) is 15.1. The molecule has 0 atom stereocenters. The maximum atomic E-state index is 5.14. The quantitative estimate of drug-likeness (QED) is 0.198.